The Kier molecular flexibility index (Phi) is 6.12. The van der Waals surface area contributed by atoms with Gasteiger partial charge in [0.2, 0.25) is 0 Å². The number of phenols is 1. The molecular formula is C25H33NO2. The Morgan fingerprint density at radius 3 is 2.50 bits per heavy atom. The number of pyridine rings is 1. The first-order valence-corrected chi connectivity index (χ1v) is 10.5. The number of hydrogen-bond donors (Lipinski definition) is 1. The van der Waals surface area contributed by atoms with Crippen LogP contribution in [-0.2, 0) is 0 Å². The molecule has 0 aliphatic carbocycles. The van der Waals surface area contributed by atoms with Gasteiger partial charge in [-0.05, 0) is 72.7 Å². The number of fused-ring (bicyclic) bond motifs is 1. The van der Waals surface area contributed by atoms with E-state index in [1.165, 1.54) is 25.7 Å². The van der Waals surface area contributed by atoms with Gasteiger partial charge in [-0.3, -0.25) is 4.98 Å². The first-order chi connectivity index (χ1) is 13.3. The molecule has 2 atom stereocenters. The molecule has 0 radical (unpaired) electrons. The predicted molar refractivity (Wildman–Crippen MR) is 116 cm³/mol. The van der Waals surface area contributed by atoms with Crippen LogP contribution in [0.15, 0.2) is 42.7 Å². The van der Waals surface area contributed by atoms with Gasteiger partial charge < -0.3 is 9.84 Å². The van der Waals surface area contributed by atoms with E-state index in [0.29, 0.717) is 17.6 Å². The van der Waals surface area contributed by atoms with E-state index in [-0.39, 0.29) is 0 Å². The molecule has 0 spiro atoms. The van der Waals surface area contributed by atoms with E-state index in [4.69, 9.17) is 4.74 Å². The van der Waals surface area contributed by atoms with E-state index in [0.717, 1.165) is 28.0 Å². The normalized spacial score (nSPS) is 17.2. The van der Waals surface area contributed by atoms with Crippen LogP contribution in [0, 0.1) is 5.92 Å². The zero-order chi connectivity index (χ0) is 20.3. The van der Waals surface area contributed by atoms with E-state index in [1.807, 2.05) is 18.2 Å². The van der Waals surface area contributed by atoms with Crippen LogP contribution < -0.4 is 4.74 Å². The Balaban J connectivity index is 1.97. The second-order valence-corrected chi connectivity index (χ2v) is 8.67. The molecule has 28 heavy (non-hydrogen) atoms. The van der Waals surface area contributed by atoms with E-state index >= 15 is 0 Å². The molecule has 2 heterocycles. The van der Waals surface area contributed by atoms with Crippen molar-refractivity contribution in [2.75, 3.05) is 0 Å². The predicted octanol–water partition coefficient (Wildman–Crippen LogP) is 6.71. The van der Waals surface area contributed by atoms with E-state index in [2.05, 4.69) is 51.7 Å². The molecule has 3 heteroatoms. The Bertz CT molecular complexity index is 839. The first kappa shape index (κ1) is 20.4. The number of benzene rings is 1. The largest absolute Gasteiger partial charge is 0.507 e. The van der Waals surface area contributed by atoms with E-state index < -0.39 is 5.60 Å². The molecule has 3 nitrogen and oxygen atoms in total. The molecule has 1 aliphatic heterocycles. The number of ether oxygens (including phenoxy) is 1. The average Bonchev–Trinajstić information content (AvgIpc) is 2.66. The summed E-state index contributed by atoms with van der Waals surface area (Å²) in [6.45, 7) is 10.9. The van der Waals surface area contributed by atoms with Gasteiger partial charge in [0.05, 0.1) is 5.56 Å². The molecule has 0 amide bonds. The molecule has 0 unspecified atom stereocenters. The van der Waals surface area contributed by atoms with Crippen molar-refractivity contribution in [3.63, 3.8) is 0 Å². The number of aromatic hydroxyl groups is 1. The van der Waals surface area contributed by atoms with Gasteiger partial charge in [-0.2, -0.15) is 0 Å². The van der Waals surface area contributed by atoms with Crippen LogP contribution in [0.4, 0.5) is 0 Å². The van der Waals surface area contributed by atoms with Crippen LogP contribution in [0.3, 0.4) is 0 Å². The Labute approximate surface area is 169 Å². The third-order valence-electron chi connectivity index (χ3n) is 5.87. The number of aromatic nitrogens is 1. The molecule has 0 saturated heterocycles. The standard InChI is InChI=1S/C25H33NO2/c1-6-7-8-9-17(2)18(3)20-14-22(27)24-21(19-10-12-26-13-11-19)16-25(4,5)28-23(24)15-20/h10-18,27H,6-9H2,1-5H3/t17-,18+/m0/s1. The van der Waals surface area contributed by atoms with Crippen molar-refractivity contribution in [1.29, 1.82) is 0 Å². The van der Waals surface area contributed by atoms with Crippen LogP contribution >= 0.6 is 0 Å². The topological polar surface area (TPSA) is 42.4 Å². The molecule has 1 N–H and O–H groups in total. The summed E-state index contributed by atoms with van der Waals surface area (Å²) in [6, 6.07) is 8.01. The smallest absolute Gasteiger partial charge is 0.132 e. The van der Waals surface area contributed by atoms with Crippen molar-refractivity contribution in [2.45, 2.75) is 71.8 Å². The lowest BCUT2D eigenvalue weighted by molar-refractivity contribution is 0.157. The molecule has 3 rings (SSSR count). The summed E-state index contributed by atoms with van der Waals surface area (Å²) >= 11 is 0. The Morgan fingerprint density at radius 1 is 1.11 bits per heavy atom. The van der Waals surface area contributed by atoms with Crippen LogP contribution in [0.25, 0.3) is 5.57 Å². The summed E-state index contributed by atoms with van der Waals surface area (Å²) in [5.74, 6) is 1.99. The monoisotopic (exact) mass is 379 g/mol. The number of hydrogen-bond acceptors (Lipinski definition) is 3. The number of unbranched alkanes of at least 4 members (excludes halogenated alkanes) is 2. The third-order valence-corrected chi connectivity index (χ3v) is 5.87. The average molecular weight is 380 g/mol. The minimum absolute atomic E-state index is 0.290. The van der Waals surface area contributed by atoms with Gasteiger partial charge in [0, 0.05) is 12.4 Å². The van der Waals surface area contributed by atoms with Crippen molar-refractivity contribution < 1.29 is 9.84 Å². The summed E-state index contributed by atoms with van der Waals surface area (Å²) in [4.78, 5) is 4.12. The summed E-state index contributed by atoms with van der Waals surface area (Å²) in [5, 5.41) is 10.9. The SMILES string of the molecule is CCCCC[C@H](C)[C@@H](C)c1cc(O)c2c(c1)OC(C)(C)C=C2c1ccncc1. The molecule has 0 saturated carbocycles. The van der Waals surface area contributed by atoms with Crippen molar-refractivity contribution in [1.82, 2.24) is 4.98 Å². The van der Waals surface area contributed by atoms with E-state index in [1.54, 1.807) is 12.4 Å². The maximum atomic E-state index is 10.9. The molecule has 1 aromatic carbocycles. The fourth-order valence-corrected chi connectivity index (χ4v) is 4.02. The van der Waals surface area contributed by atoms with Gasteiger partial charge in [0.15, 0.2) is 0 Å². The molecule has 0 bridgehead atoms. The number of phenolic OH excluding ortho intramolecular Hbond substituents is 1. The lowest BCUT2D eigenvalue weighted by Crippen LogP contribution is -2.29. The highest BCUT2D eigenvalue weighted by molar-refractivity contribution is 5.87. The second kappa shape index (κ2) is 8.38. The van der Waals surface area contributed by atoms with E-state index in [9.17, 15) is 5.11 Å². The zero-order valence-corrected chi connectivity index (χ0v) is 17.8. The minimum atomic E-state index is -0.438. The maximum Gasteiger partial charge on any atom is 0.132 e. The molecular weight excluding hydrogens is 346 g/mol. The van der Waals surface area contributed by atoms with Gasteiger partial charge >= 0.3 is 0 Å². The quantitative estimate of drug-likeness (QED) is 0.544. The molecule has 150 valence electrons. The van der Waals surface area contributed by atoms with Crippen LogP contribution in [0.1, 0.15) is 82.9 Å². The van der Waals surface area contributed by atoms with Crippen molar-refractivity contribution in [3.05, 3.63) is 59.4 Å². The van der Waals surface area contributed by atoms with Crippen molar-refractivity contribution in [2.24, 2.45) is 5.92 Å². The number of nitrogens with zero attached hydrogens (tertiary/aromatic N) is 1. The highest BCUT2D eigenvalue weighted by Crippen LogP contribution is 2.46. The lowest BCUT2D eigenvalue weighted by atomic mass is 9.83. The van der Waals surface area contributed by atoms with Crippen molar-refractivity contribution in [3.8, 4) is 11.5 Å². The van der Waals surface area contributed by atoms with Gasteiger partial charge in [-0.1, -0.05) is 46.5 Å². The zero-order valence-electron chi connectivity index (χ0n) is 17.8. The summed E-state index contributed by atoms with van der Waals surface area (Å²) in [7, 11) is 0. The second-order valence-electron chi connectivity index (χ2n) is 8.67. The summed E-state index contributed by atoms with van der Waals surface area (Å²) in [5.41, 5.74) is 3.53. The Hall–Kier alpha value is -2.29. The van der Waals surface area contributed by atoms with Gasteiger partial charge in [0.25, 0.3) is 0 Å². The minimum Gasteiger partial charge on any atom is -0.507 e. The van der Waals surface area contributed by atoms with Gasteiger partial charge in [-0.15, -0.1) is 0 Å². The van der Waals surface area contributed by atoms with Gasteiger partial charge in [-0.25, -0.2) is 0 Å². The number of rotatable bonds is 7. The Morgan fingerprint density at radius 2 is 1.82 bits per heavy atom. The fraction of sp³-hybridized carbons (Fsp3) is 0.480. The third kappa shape index (κ3) is 4.40. The lowest BCUT2D eigenvalue weighted by Gasteiger charge is -2.33. The van der Waals surface area contributed by atoms with Crippen LogP contribution in [0.5, 0.6) is 11.5 Å². The van der Waals surface area contributed by atoms with Crippen molar-refractivity contribution >= 4 is 5.57 Å². The molecule has 1 aromatic heterocycles. The summed E-state index contributed by atoms with van der Waals surface area (Å²) < 4.78 is 6.27. The molecule has 1 aliphatic rings. The fourth-order valence-electron chi connectivity index (χ4n) is 4.02. The molecule has 0 fully saturated rings. The molecule has 2 aromatic rings. The first-order valence-electron chi connectivity index (χ1n) is 10.5. The van der Waals surface area contributed by atoms with Gasteiger partial charge in [0.1, 0.15) is 17.1 Å². The van der Waals surface area contributed by atoms with Crippen LogP contribution in [-0.4, -0.2) is 15.7 Å². The summed E-state index contributed by atoms with van der Waals surface area (Å²) in [6.07, 6.45) is 10.6. The highest BCUT2D eigenvalue weighted by Gasteiger charge is 2.30. The van der Waals surface area contributed by atoms with Crippen LogP contribution in [0.2, 0.25) is 0 Å². The maximum absolute atomic E-state index is 10.9. The highest BCUT2D eigenvalue weighted by atomic mass is 16.5.